The average molecular weight is 432 g/mol. The van der Waals surface area contributed by atoms with E-state index in [-0.39, 0.29) is 28.1 Å². The lowest BCUT2D eigenvalue weighted by Gasteiger charge is -2.18. The van der Waals surface area contributed by atoms with Crippen LogP contribution in [0.5, 0.6) is 17.4 Å². The second-order valence-corrected chi connectivity index (χ2v) is 8.55. The van der Waals surface area contributed by atoms with E-state index in [0.29, 0.717) is 27.0 Å². The molecule has 8 nitrogen and oxygen atoms in total. The van der Waals surface area contributed by atoms with Crippen LogP contribution in [0.3, 0.4) is 0 Å². The molecule has 2 aromatic rings. The number of thiazole rings is 1. The fourth-order valence-electron chi connectivity index (χ4n) is 3.23. The first-order valence-corrected chi connectivity index (χ1v) is 9.92. The monoisotopic (exact) mass is 432 g/mol. The Kier molecular flexibility index (Phi) is 4.75. The van der Waals surface area contributed by atoms with Crippen LogP contribution in [-0.4, -0.2) is 33.4 Å². The molecule has 10 heteroatoms. The highest BCUT2D eigenvalue weighted by atomic mass is 32.1. The maximum atomic E-state index is 12.5. The largest absolute Gasteiger partial charge is 0.493 e. The summed E-state index contributed by atoms with van der Waals surface area (Å²) < 4.78 is 12.1. The average Bonchev–Trinajstić information content (AvgIpc) is 3.19. The maximum absolute atomic E-state index is 12.5. The second-order valence-electron chi connectivity index (χ2n) is 6.88. The van der Waals surface area contributed by atoms with Gasteiger partial charge in [-0.05, 0) is 36.4 Å². The minimum atomic E-state index is -1.09. The number of nitrogens with zero attached hydrogens (tertiary/aromatic N) is 2. The molecular weight excluding hydrogens is 416 g/mol. The molecule has 0 saturated heterocycles. The van der Waals surface area contributed by atoms with Gasteiger partial charge in [0.2, 0.25) is 12.7 Å². The second kappa shape index (κ2) is 7.12. The quantitative estimate of drug-likeness (QED) is 0.562. The molecule has 2 aliphatic heterocycles. The van der Waals surface area contributed by atoms with Crippen molar-refractivity contribution in [2.24, 2.45) is 10.9 Å². The number of aromatic hydroxyl groups is 1. The minimum Gasteiger partial charge on any atom is -0.493 e. The number of aliphatic carboxylic acids is 1. The molecule has 0 spiro atoms. The summed E-state index contributed by atoms with van der Waals surface area (Å²) in [6.07, 6.45) is 3.10. The van der Waals surface area contributed by atoms with Crippen molar-refractivity contribution in [2.75, 3.05) is 6.79 Å². The molecule has 2 N–H and O–H groups in total. The third kappa shape index (κ3) is 3.34. The van der Waals surface area contributed by atoms with Gasteiger partial charge in [0.05, 0.1) is 10.2 Å². The number of fused-ring (bicyclic) bond motifs is 2. The van der Waals surface area contributed by atoms with Gasteiger partial charge in [0.1, 0.15) is 6.04 Å². The number of aromatic nitrogens is 1. The van der Waals surface area contributed by atoms with E-state index in [1.54, 1.807) is 32.1 Å². The van der Waals surface area contributed by atoms with Crippen molar-refractivity contribution in [3.05, 3.63) is 37.1 Å². The number of hydrogen-bond donors (Lipinski definition) is 2. The zero-order valence-corrected chi connectivity index (χ0v) is 17.0. The van der Waals surface area contributed by atoms with Crippen molar-refractivity contribution in [3.63, 3.8) is 0 Å². The molecule has 150 valence electrons. The summed E-state index contributed by atoms with van der Waals surface area (Å²) >= 11 is 6.30. The first-order chi connectivity index (χ1) is 13.8. The van der Waals surface area contributed by atoms with Crippen LogP contribution in [-0.2, 0) is 9.59 Å². The van der Waals surface area contributed by atoms with Gasteiger partial charge in [0.25, 0.3) is 5.91 Å². The Bertz CT molecular complexity index is 1250. The summed E-state index contributed by atoms with van der Waals surface area (Å²) in [6, 6.07) is 2.36. The lowest BCUT2D eigenvalue weighted by Crippen LogP contribution is -2.30. The molecule has 3 heterocycles. The predicted octanol–water partition coefficient (Wildman–Crippen LogP) is 2.02. The van der Waals surface area contributed by atoms with Crippen LogP contribution in [0.4, 0.5) is 0 Å². The lowest BCUT2D eigenvalue weighted by molar-refractivity contribution is -0.142. The van der Waals surface area contributed by atoms with Gasteiger partial charge in [0, 0.05) is 16.9 Å². The SMILES string of the molecule is CC(C)C(C(=O)O)n1c(O)c(C=C2C=c3cc4c(cc3=NC2=O)OCO4)sc1=S. The Hall–Kier alpha value is -2.98. The maximum Gasteiger partial charge on any atom is 0.327 e. The number of hydrogen-bond acceptors (Lipinski definition) is 7. The number of benzene rings is 1. The van der Waals surface area contributed by atoms with Gasteiger partial charge in [-0.25, -0.2) is 9.79 Å². The molecule has 2 aliphatic rings. The smallest absolute Gasteiger partial charge is 0.327 e. The van der Waals surface area contributed by atoms with Crippen molar-refractivity contribution in [1.82, 2.24) is 4.57 Å². The topological polar surface area (TPSA) is 110 Å². The summed E-state index contributed by atoms with van der Waals surface area (Å²) in [7, 11) is 0. The molecule has 0 bridgehead atoms. The third-order valence-electron chi connectivity index (χ3n) is 4.59. The van der Waals surface area contributed by atoms with Crippen LogP contribution in [0.25, 0.3) is 12.2 Å². The van der Waals surface area contributed by atoms with E-state index in [1.807, 2.05) is 0 Å². The van der Waals surface area contributed by atoms with Crippen molar-refractivity contribution in [3.8, 4) is 17.4 Å². The van der Waals surface area contributed by atoms with Crippen molar-refractivity contribution in [2.45, 2.75) is 19.9 Å². The van der Waals surface area contributed by atoms with Crippen LogP contribution in [0.15, 0.2) is 22.7 Å². The molecule has 0 radical (unpaired) electrons. The molecule has 29 heavy (non-hydrogen) atoms. The fourth-order valence-corrected chi connectivity index (χ4v) is 4.57. The summed E-state index contributed by atoms with van der Waals surface area (Å²) in [5.74, 6) is -1.07. The number of carboxylic acid groups (broad SMARTS) is 1. The van der Waals surface area contributed by atoms with E-state index in [9.17, 15) is 19.8 Å². The minimum absolute atomic E-state index is 0.111. The van der Waals surface area contributed by atoms with Gasteiger partial charge in [-0.1, -0.05) is 13.8 Å². The highest BCUT2D eigenvalue weighted by molar-refractivity contribution is 7.73. The summed E-state index contributed by atoms with van der Waals surface area (Å²) in [5.41, 5.74) is 0.242. The van der Waals surface area contributed by atoms with E-state index in [0.717, 1.165) is 11.3 Å². The predicted molar refractivity (Wildman–Crippen MR) is 107 cm³/mol. The molecule has 0 saturated carbocycles. The number of ether oxygens (including phenoxy) is 2. The van der Waals surface area contributed by atoms with Gasteiger partial charge in [0.15, 0.2) is 15.5 Å². The van der Waals surface area contributed by atoms with E-state index in [4.69, 9.17) is 21.7 Å². The Morgan fingerprint density at radius 1 is 1.34 bits per heavy atom. The molecule has 1 aromatic carbocycles. The van der Waals surface area contributed by atoms with Gasteiger partial charge >= 0.3 is 5.97 Å². The molecule has 0 aliphatic carbocycles. The van der Waals surface area contributed by atoms with Gasteiger partial charge in [-0.3, -0.25) is 9.36 Å². The third-order valence-corrected chi connectivity index (χ3v) is 5.93. The molecular formula is C19H16N2O6S2. The molecule has 1 atom stereocenters. The Balaban J connectivity index is 1.81. The van der Waals surface area contributed by atoms with Crippen LogP contribution < -0.4 is 20.0 Å². The highest BCUT2D eigenvalue weighted by Gasteiger charge is 2.28. The van der Waals surface area contributed by atoms with Crippen molar-refractivity contribution < 1.29 is 29.3 Å². The normalized spacial score (nSPS) is 17.1. The van der Waals surface area contributed by atoms with Crippen LogP contribution in [0.1, 0.15) is 24.8 Å². The van der Waals surface area contributed by atoms with E-state index < -0.39 is 17.9 Å². The number of amides is 1. The summed E-state index contributed by atoms with van der Waals surface area (Å²) in [6.45, 7) is 3.57. The Morgan fingerprint density at radius 3 is 2.69 bits per heavy atom. The van der Waals surface area contributed by atoms with Crippen LogP contribution in [0, 0.1) is 9.87 Å². The van der Waals surface area contributed by atoms with Gasteiger partial charge in [-0.15, -0.1) is 11.3 Å². The first-order valence-electron chi connectivity index (χ1n) is 8.69. The van der Waals surface area contributed by atoms with Crippen molar-refractivity contribution >= 4 is 47.6 Å². The number of carbonyl (C=O) groups excluding carboxylic acids is 1. The molecule has 1 unspecified atom stereocenters. The van der Waals surface area contributed by atoms with E-state index in [2.05, 4.69) is 4.99 Å². The Morgan fingerprint density at radius 2 is 2.03 bits per heavy atom. The molecule has 0 fully saturated rings. The first kappa shape index (κ1) is 19.3. The summed E-state index contributed by atoms with van der Waals surface area (Å²) in [5, 5.41) is 21.3. The highest BCUT2D eigenvalue weighted by Crippen LogP contribution is 2.35. The number of carboxylic acids is 1. The zero-order valence-electron chi connectivity index (χ0n) is 15.4. The number of carbonyl (C=O) groups is 2. The van der Waals surface area contributed by atoms with Crippen molar-refractivity contribution in [1.29, 1.82) is 0 Å². The van der Waals surface area contributed by atoms with E-state index >= 15 is 0 Å². The molecule has 1 aromatic heterocycles. The fraction of sp³-hybridized carbons (Fsp3) is 0.263. The van der Waals surface area contributed by atoms with Crippen LogP contribution in [0.2, 0.25) is 0 Å². The lowest BCUT2D eigenvalue weighted by atomic mass is 10.0. The van der Waals surface area contributed by atoms with E-state index in [1.165, 1.54) is 10.6 Å². The van der Waals surface area contributed by atoms with Gasteiger partial charge < -0.3 is 19.7 Å². The Labute approximate surface area is 173 Å². The summed E-state index contributed by atoms with van der Waals surface area (Å²) in [4.78, 5) is 28.5. The van der Waals surface area contributed by atoms with Gasteiger partial charge in [-0.2, -0.15) is 0 Å². The molecule has 4 rings (SSSR count). The van der Waals surface area contributed by atoms with Crippen LogP contribution >= 0.6 is 23.6 Å². The standard InChI is InChI=1S/C19H16N2O6S2/c1-8(2)15(18(24)25)21-17(23)14(29-19(21)28)5-10-3-9-4-12-13(27-7-26-12)6-11(9)20-16(10)22/h3-6,8,15,23H,7H2,1-2H3,(H,24,25). The zero-order chi connectivity index (χ0) is 20.9. The molecule has 1 amide bonds. The number of rotatable bonds is 4.